The number of H-pyrrole nitrogens is 1. The monoisotopic (exact) mass is 320 g/mol. The largest absolute Gasteiger partial charge is 0.379 e. The van der Waals surface area contributed by atoms with Gasteiger partial charge in [0, 0.05) is 37.9 Å². The van der Waals surface area contributed by atoms with E-state index in [1.807, 2.05) is 11.8 Å². The number of nitrogens with zero attached hydrogens (tertiary/aromatic N) is 3. The zero-order valence-corrected chi connectivity index (χ0v) is 14.3. The van der Waals surface area contributed by atoms with Crippen molar-refractivity contribution in [3.8, 4) is 0 Å². The van der Waals surface area contributed by atoms with Crippen LogP contribution in [0.3, 0.4) is 0 Å². The number of morpholine rings is 1. The number of likely N-dealkylation sites (tertiary alicyclic amines) is 1. The molecule has 0 bridgehead atoms. The number of ether oxygens (including phenoxy) is 1. The van der Waals surface area contributed by atoms with E-state index in [2.05, 4.69) is 22.0 Å². The topological polar surface area (TPSA) is 61.5 Å². The van der Waals surface area contributed by atoms with Gasteiger partial charge in [-0.2, -0.15) is 5.10 Å². The molecule has 2 aliphatic heterocycles. The fourth-order valence-electron chi connectivity index (χ4n) is 3.80. The third kappa shape index (κ3) is 3.58. The average molecular weight is 320 g/mol. The predicted molar refractivity (Wildman–Crippen MR) is 88.4 cm³/mol. The van der Waals surface area contributed by atoms with Crippen molar-refractivity contribution in [2.24, 2.45) is 5.92 Å². The predicted octanol–water partition coefficient (Wildman–Crippen LogP) is 1.54. The normalized spacial score (nSPS) is 22.3. The maximum Gasteiger partial charge on any atom is 0.257 e. The molecule has 0 aliphatic carbocycles. The number of aromatic nitrogens is 2. The Kier molecular flexibility index (Phi) is 5.33. The van der Waals surface area contributed by atoms with Gasteiger partial charge in [0.05, 0.1) is 25.0 Å². The van der Waals surface area contributed by atoms with Crippen LogP contribution in [0, 0.1) is 5.92 Å². The molecule has 1 N–H and O–H groups in total. The van der Waals surface area contributed by atoms with Gasteiger partial charge in [0.2, 0.25) is 0 Å². The summed E-state index contributed by atoms with van der Waals surface area (Å²) in [5, 5.41) is 6.95. The van der Waals surface area contributed by atoms with Crippen molar-refractivity contribution >= 4 is 5.91 Å². The van der Waals surface area contributed by atoms with E-state index in [1.165, 1.54) is 0 Å². The quantitative estimate of drug-likeness (QED) is 0.914. The molecular weight excluding hydrogens is 292 g/mol. The molecule has 6 nitrogen and oxygen atoms in total. The summed E-state index contributed by atoms with van der Waals surface area (Å²) in [7, 11) is 0. The summed E-state index contributed by atoms with van der Waals surface area (Å²) in [5.74, 6) is 0.806. The number of aromatic amines is 1. The van der Waals surface area contributed by atoms with Crippen molar-refractivity contribution in [3.63, 3.8) is 0 Å². The van der Waals surface area contributed by atoms with Crippen molar-refractivity contribution in [1.82, 2.24) is 20.0 Å². The van der Waals surface area contributed by atoms with Gasteiger partial charge in [-0.25, -0.2) is 0 Å². The molecule has 2 aliphatic rings. The van der Waals surface area contributed by atoms with Crippen molar-refractivity contribution in [3.05, 3.63) is 17.5 Å². The highest BCUT2D eigenvalue weighted by Crippen LogP contribution is 2.25. The van der Waals surface area contributed by atoms with Crippen LogP contribution < -0.4 is 0 Å². The highest BCUT2D eigenvalue weighted by molar-refractivity contribution is 5.95. The Balaban J connectivity index is 1.54. The number of aryl methyl sites for hydroxylation is 1. The number of amides is 1. The summed E-state index contributed by atoms with van der Waals surface area (Å²) < 4.78 is 5.45. The Hall–Kier alpha value is -1.40. The Bertz CT molecular complexity index is 516. The molecule has 3 heterocycles. The maximum absolute atomic E-state index is 12.7. The molecule has 0 spiro atoms. The van der Waals surface area contributed by atoms with E-state index >= 15 is 0 Å². The van der Waals surface area contributed by atoms with Crippen LogP contribution in [0.2, 0.25) is 0 Å². The van der Waals surface area contributed by atoms with Gasteiger partial charge in [-0.05, 0) is 32.1 Å². The zero-order valence-electron chi connectivity index (χ0n) is 14.3. The molecule has 3 rings (SSSR count). The maximum atomic E-state index is 12.7. The molecule has 6 heteroatoms. The molecule has 0 unspecified atom stereocenters. The van der Waals surface area contributed by atoms with Gasteiger partial charge in [-0.15, -0.1) is 0 Å². The molecule has 2 saturated heterocycles. The molecular formula is C17H28N4O2. The van der Waals surface area contributed by atoms with Crippen molar-refractivity contribution in [2.45, 2.75) is 39.2 Å². The van der Waals surface area contributed by atoms with E-state index in [9.17, 15) is 4.79 Å². The number of carbonyl (C=O) groups is 1. The highest BCUT2D eigenvalue weighted by atomic mass is 16.5. The second-order valence-corrected chi connectivity index (χ2v) is 6.63. The van der Waals surface area contributed by atoms with Gasteiger partial charge < -0.3 is 9.64 Å². The lowest BCUT2D eigenvalue weighted by molar-refractivity contribution is -0.000956. The first-order valence-electron chi connectivity index (χ1n) is 8.84. The number of rotatable bonds is 4. The second-order valence-electron chi connectivity index (χ2n) is 6.63. The SMILES string of the molecule is CCc1[nH]ncc1C(=O)N1CCC([C@@H](C)N2CCOCC2)CC1. The lowest BCUT2D eigenvalue weighted by Crippen LogP contribution is -2.49. The molecule has 1 amide bonds. The van der Waals surface area contributed by atoms with Crippen LogP contribution in [0.4, 0.5) is 0 Å². The van der Waals surface area contributed by atoms with Crippen LogP contribution in [0.15, 0.2) is 6.20 Å². The first-order chi connectivity index (χ1) is 11.2. The summed E-state index contributed by atoms with van der Waals surface area (Å²) in [6, 6.07) is 0.580. The first kappa shape index (κ1) is 16.5. The second kappa shape index (κ2) is 7.45. The van der Waals surface area contributed by atoms with Crippen LogP contribution >= 0.6 is 0 Å². The van der Waals surface area contributed by atoms with Gasteiger partial charge in [0.1, 0.15) is 0 Å². The van der Waals surface area contributed by atoms with Crippen LogP contribution in [0.5, 0.6) is 0 Å². The minimum Gasteiger partial charge on any atom is -0.379 e. The third-order valence-electron chi connectivity index (χ3n) is 5.43. The summed E-state index contributed by atoms with van der Waals surface area (Å²) in [6.45, 7) is 9.85. The van der Waals surface area contributed by atoms with Gasteiger partial charge >= 0.3 is 0 Å². The molecule has 0 saturated carbocycles. The standard InChI is InChI=1S/C17H28N4O2/c1-3-16-15(12-18-19-16)17(22)21-6-4-14(5-7-21)13(2)20-8-10-23-11-9-20/h12-14H,3-11H2,1-2H3,(H,18,19)/t13-/m1/s1. The van der Waals surface area contributed by atoms with Crippen molar-refractivity contribution in [2.75, 3.05) is 39.4 Å². The van der Waals surface area contributed by atoms with Gasteiger partial charge in [-0.1, -0.05) is 6.92 Å². The minimum atomic E-state index is 0.132. The molecule has 0 aromatic carbocycles. The minimum absolute atomic E-state index is 0.132. The van der Waals surface area contributed by atoms with E-state index in [4.69, 9.17) is 4.74 Å². The fourth-order valence-corrected chi connectivity index (χ4v) is 3.80. The Morgan fingerprint density at radius 3 is 2.70 bits per heavy atom. The van der Waals surface area contributed by atoms with Crippen LogP contribution in [-0.2, 0) is 11.2 Å². The van der Waals surface area contributed by atoms with E-state index in [0.717, 1.165) is 69.9 Å². The van der Waals surface area contributed by atoms with Crippen LogP contribution in [0.25, 0.3) is 0 Å². The Labute approximate surface area is 138 Å². The number of hydrogen-bond acceptors (Lipinski definition) is 4. The van der Waals surface area contributed by atoms with E-state index in [-0.39, 0.29) is 5.91 Å². The molecule has 128 valence electrons. The first-order valence-corrected chi connectivity index (χ1v) is 8.84. The Morgan fingerprint density at radius 1 is 1.35 bits per heavy atom. The number of carbonyl (C=O) groups excluding carboxylic acids is 1. The Morgan fingerprint density at radius 2 is 2.04 bits per heavy atom. The lowest BCUT2D eigenvalue weighted by atomic mass is 9.89. The molecule has 1 atom stereocenters. The highest BCUT2D eigenvalue weighted by Gasteiger charge is 2.31. The third-order valence-corrected chi connectivity index (χ3v) is 5.43. The molecule has 1 aromatic heterocycles. The van der Waals surface area contributed by atoms with Gasteiger partial charge in [-0.3, -0.25) is 14.8 Å². The molecule has 0 radical (unpaired) electrons. The molecule has 23 heavy (non-hydrogen) atoms. The lowest BCUT2D eigenvalue weighted by Gasteiger charge is -2.41. The summed E-state index contributed by atoms with van der Waals surface area (Å²) >= 11 is 0. The number of piperidine rings is 1. The van der Waals surface area contributed by atoms with E-state index < -0.39 is 0 Å². The van der Waals surface area contributed by atoms with Crippen molar-refractivity contribution in [1.29, 1.82) is 0 Å². The fraction of sp³-hybridized carbons (Fsp3) is 0.765. The summed E-state index contributed by atoms with van der Waals surface area (Å²) in [5.41, 5.74) is 1.69. The zero-order chi connectivity index (χ0) is 16.2. The van der Waals surface area contributed by atoms with Crippen molar-refractivity contribution < 1.29 is 9.53 Å². The van der Waals surface area contributed by atoms with Gasteiger partial charge in [0.25, 0.3) is 5.91 Å². The summed E-state index contributed by atoms with van der Waals surface area (Å²) in [4.78, 5) is 17.2. The van der Waals surface area contributed by atoms with E-state index in [1.54, 1.807) is 6.20 Å². The number of hydrogen-bond donors (Lipinski definition) is 1. The molecule has 2 fully saturated rings. The van der Waals surface area contributed by atoms with Crippen LogP contribution in [-0.4, -0.2) is 71.3 Å². The van der Waals surface area contributed by atoms with E-state index in [0.29, 0.717) is 12.0 Å². The van der Waals surface area contributed by atoms with Gasteiger partial charge in [0.15, 0.2) is 0 Å². The summed E-state index contributed by atoms with van der Waals surface area (Å²) in [6.07, 6.45) is 4.66. The smallest absolute Gasteiger partial charge is 0.257 e. The average Bonchev–Trinajstić information content (AvgIpc) is 3.10. The molecule has 1 aromatic rings. The van der Waals surface area contributed by atoms with Crippen LogP contribution in [0.1, 0.15) is 42.7 Å². The number of nitrogens with one attached hydrogen (secondary N) is 1.